The fourth-order valence-electron chi connectivity index (χ4n) is 2.43. The van der Waals surface area contributed by atoms with Crippen LogP contribution in [-0.4, -0.2) is 45.4 Å². The summed E-state index contributed by atoms with van der Waals surface area (Å²) < 4.78 is 32.8. The zero-order chi connectivity index (χ0) is 20.9. The maximum atomic E-state index is 12.4. The van der Waals surface area contributed by atoms with Crippen molar-refractivity contribution in [2.24, 2.45) is 0 Å². The molecular formula is C19H25N3O5S. The van der Waals surface area contributed by atoms with Gasteiger partial charge in [-0.2, -0.15) is 0 Å². The van der Waals surface area contributed by atoms with Crippen molar-refractivity contribution in [3.63, 3.8) is 0 Å². The first-order chi connectivity index (χ1) is 13.1. The zero-order valence-corrected chi connectivity index (χ0v) is 17.2. The summed E-state index contributed by atoms with van der Waals surface area (Å²) in [4.78, 5) is 12.4. The molecule has 0 aliphatic carbocycles. The van der Waals surface area contributed by atoms with Crippen molar-refractivity contribution in [2.75, 3.05) is 27.2 Å². The number of rotatable bonds is 9. The molecule has 28 heavy (non-hydrogen) atoms. The first-order valence-corrected chi connectivity index (χ1v) is 10.3. The van der Waals surface area contributed by atoms with Crippen molar-refractivity contribution in [1.82, 2.24) is 9.62 Å². The number of nitro groups is 1. The summed E-state index contributed by atoms with van der Waals surface area (Å²) in [6.07, 6.45) is 0. The third-order valence-corrected chi connectivity index (χ3v) is 5.52. The number of nitro benzene ring substituents is 1. The number of benzene rings is 2. The number of nitrogens with zero attached hydrogens (tertiary/aromatic N) is 2. The summed E-state index contributed by atoms with van der Waals surface area (Å²) in [5.41, 5.74) is 0.704. The molecule has 0 amide bonds. The van der Waals surface area contributed by atoms with Crippen molar-refractivity contribution in [3.8, 4) is 11.5 Å². The van der Waals surface area contributed by atoms with Crippen LogP contribution >= 0.6 is 0 Å². The van der Waals surface area contributed by atoms with Crippen LogP contribution in [0.5, 0.6) is 11.5 Å². The molecule has 0 fully saturated rings. The maximum absolute atomic E-state index is 12.4. The monoisotopic (exact) mass is 407 g/mol. The summed E-state index contributed by atoms with van der Waals surface area (Å²) in [6, 6.07) is 10.8. The molecule has 0 saturated heterocycles. The van der Waals surface area contributed by atoms with Gasteiger partial charge >= 0.3 is 5.69 Å². The van der Waals surface area contributed by atoms with Crippen LogP contribution in [0, 0.1) is 10.1 Å². The molecule has 0 heterocycles. The minimum Gasteiger partial charge on any atom is -0.450 e. The molecular weight excluding hydrogens is 382 g/mol. The van der Waals surface area contributed by atoms with Gasteiger partial charge in [0.1, 0.15) is 5.75 Å². The fraction of sp³-hybridized carbons (Fsp3) is 0.368. The summed E-state index contributed by atoms with van der Waals surface area (Å²) in [5, 5.41) is 11.4. The van der Waals surface area contributed by atoms with Gasteiger partial charge in [0.2, 0.25) is 15.8 Å². The Bertz CT molecular complexity index is 925. The molecule has 2 aromatic rings. The number of sulfonamides is 1. The van der Waals surface area contributed by atoms with E-state index < -0.39 is 20.6 Å². The van der Waals surface area contributed by atoms with Crippen LogP contribution in [0.3, 0.4) is 0 Å². The van der Waals surface area contributed by atoms with Crippen molar-refractivity contribution >= 4 is 15.7 Å². The van der Waals surface area contributed by atoms with Crippen molar-refractivity contribution < 1.29 is 18.1 Å². The van der Waals surface area contributed by atoms with E-state index in [1.54, 1.807) is 12.1 Å². The van der Waals surface area contributed by atoms with E-state index in [-0.39, 0.29) is 17.2 Å². The van der Waals surface area contributed by atoms with Gasteiger partial charge in [-0.05, 0) is 49.8 Å². The Kier molecular flexibility index (Phi) is 7.11. The summed E-state index contributed by atoms with van der Waals surface area (Å²) in [6.45, 7) is 4.83. The molecule has 9 heteroatoms. The van der Waals surface area contributed by atoms with E-state index in [0.29, 0.717) is 18.2 Å². The number of nitrogens with one attached hydrogen (secondary N) is 1. The maximum Gasteiger partial charge on any atom is 0.312 e. The highest BCUT2D eigenvalue weighted by atomic mass is 32.2. The van der Waals surface area contributed by atoms with Gasteiger partial charge in [0, 0.05) is 19.2 Å². The Morgan fingerprint density at radius 3 is 2.32 bits per heavy atom. The first-order valence-electron chi connectivity index (χ1n) is 8.81. The molecule has 0 aliphatic rings. The molecule has 0 saturated carbocycles. The molecule has 0 unspecified atom stereocenters. The van der Waals surface area contributed by atoms with Crippen LogP contribution in [-0.2, 0) is 10.0 Å². The second-order valence-electron chi connectivity index (χ2n) is 6.91. The molecule has 0 aliphatic heterocycles. The highest BCUT2D eigenvalue weighted by molar-refractivity contribution is 7.89. The van der Waals surface area contributed by atoms with Crippen LogP contribution in [0.4, 0.5) is 5.69 Å². The summed E-state index contributed by atoms with van der Waals surface area (Å²) in [7, 11) is -0.217. The minimum atomic E-state index is -3.85. The Labute approximate surface area is 165 Å². The number of hydrogen-bond donors (Lipinski definition) is 1. The standard InChI is InChI=1S/C19H25N3O5S/c1-14(2)15-5-7-16(8-6-15)27-19-10-9-17(13-18(19)22(23)24)28(25,26)20-11-12-21(3)4/h5-10,13-14,20H,11-12H2,1-4H3. The third-order valence-electron chi connectivity index (χ3n) is 4.06. The predicted octanol–water partition coefficient (Wildman–Crippen LogP) is 3.35. The molecule has 152 valence electrons. The van der Waals surface area contributed by atoms with Crippen LogP contribution in [0.15, 0.2) is 47.4 Å². The van der Waals surface area contributed by atoms with E-state index in [2.05, 4.69) is 18.6 Å². The Hall–Kier alpha value is -2.49. The van der Waals surface area contributed by atoms with Crippen molar-refractivity contribution in [3.05, 3.63) is 58.1 Å². The highest BCUT2D eigenvalue weighted by Gasteiger charge is 2.22. The van der Waals surface area contributed by atoms with Gasteiger partial charge in [0.25, 0.3) is 0 Å². The second-order valence-corrected chi connectivity index (χ2v) is 8.68. The van der Waals surface area contributed by atoms with Crippen LogP contribution in [0.1, 0.15) is 25.3 Å². The number of ether oxygens (including phenoxy) is 1. The summed E-state index contributed by atoms with van der Waals surface area (Å²) in [5.74, 6) is 0.773. The third kappa shape index (κ3) is 5.75. The predicted molar refractivity (Wildman–Crippen MR) is 107 cm³/mol. The van der Waals surface area contributed by atoms with Crippen LogP contribution < -0.4 is 9.46 Å². The summed E-state index contributed by atoms with van der Waals surface area (Å²) >= 11 is 0. The Balaban J connectivity index is 2.26. The van der Waals surface area contributed by atoms with E-state index in [4.69, 9.17) is 4.74 Å². The quantitative estimate of drug-likeness (QED) is 0.505. The topological polar surface area (TPSA) is 102 Å². The van der Waals surface area contributed by atoms with Crippen molar-refractivity contribution in [1.29, 1.82) is 0 Å². The lowest BCUT2D eigenvalue weighted by molar-refractivity contribution is -0.385. The van der Waals surface area contributed by atoms with Gasteiger partial charge in [0.05, 0.1) is 9.82 Å². The molecule has 0 spiro atoms. The average Bonchev–Trinajstić information content (AvgIpc) is 2.61. The molecule has 0 bridgehead atoms. The van der Waals surface area contributed by atoms with Gasteiger partial charge in [-0.25, -0.2) is 13.1 Å². The van der Waals surface area contributed by atoms with Gasteiger partial charge in [-0.15, -0.1) is 0 Å². The Morgan fingerprint density at radius 1 is 1.14 bits per heavy atom. The lowest BCUT2D eigenvalue weighted by Crippen LogP contribution is -2.31. The lowest BCUT2D eigenvalue weighted by Gasteiger charge is -2.12. The molecule has 8 nitrogen and oxygen atoms in total. The van der Waals surface area contributed by atoms with E-state index in [9.17, 15) is 18.5 Å². The van der Waals surface area contributed by atoms with Gasteiger partial charge in [-0.3, -0.25) is 10.1 Å². The fourth-order valence-corrected chi connectivity index (χ4v) is 3.47. The van der Waals surface area contributed by atoms with E-state index in [1.807, 2.05) is 31.1 Å². The molecule has 0 atom stereocenters. The Morgan fingerprint density at radius 2 is 1.79 bits per heavy atom. The van der Waals surface area contributed by atoms with Crippen LogP contribution in [0.2, 0.25) is 0 Å². The minimum absolute atomic E-state index is 0.0189. The van der Waals surface area contributed by atoms with Gasteiger partial charge in [-0.1, -0.05) is 26.0 Å². The number of likely N-dealkylation sites (N-methyl/N-ethyl adjacent to an activating group) is 1. The second kappa shape index (κ2) is 9.13. The van der Waals surface area contributed by atoms with E-state index >= 15 is 0 Å². The number of hydrogen-bond acceptors (Lipinski definition) is 6. The van der Waals surface area contributed by atoms with Crippen LogP contribution in [0.25, 0.3) is 0 Å². The molecule has 2 aromatic carbocycles. The largest absolute Gasteiger partial charge is 0.450 e. The van der Waals surface area contributed by atoms with E-state index in [0.717, 1.165) is 11.6 Å². The molecule has 1 N–H and O–H groups in total. The smallest absolute Gasteiger partial charge is 0.312 e. The van der Waals surface area contributed by atoms with Crippen molar-refractivity contribution in [2.45, 2.75) is 24.7 Å². The zero-order valence-electron chi connectivity index (χ0n) is 16.4. The normalized spacial score (nSPS) is 11.8. The molecule has 2 rings (SSSR count). The SMILES string of the molecule is CC(C)c1ccc(Oc2ccc(S(=O)(=O)NCCN(C)C)cc2[N+](=O)[O-])cc1. The average molecular weight is 407 g/mol. The lowest BCUT2D eigenvalue weighted by atomic mass is 10.0. The molecule has 0 radical (unpaired) electrons. The van der Waals surface area contributed by atoms with Gasteiger partial charge < -0.3 is 9.64 Å². The highest BCUT2D eigenvalue weighted by Crippen LogP contribution is 2.33. The van der Waals surface area contributed by atoms with Gasteiger partial charge in [0.15, 0.2) is 0 Å². The first kappa shape index (κ1) is 21.8. The van der Waals surface area contributed by atoms with E-state index in [1.165, 1.54) is 12.1 Å². The molecule has 0 aromatic heterocycles.